The van der Waals surface area contributed by atoms with Crippen LogP contribution in [0.1, 0.15) is 6.92 Å². The molecular weight excluding hydrogens is 324 g/mol. The molecule has 0 aliphatic carbocycles. The van der Waals surface area contributed by atoms with E-state index in [0.29, 0.717) is 6.54 Å². The highest BCUT2D eigenvalue weighted by molar-refractivity contribution is 7.90. The summed E-state index contributed by atoms with van der Waals surface area (Å²) in [5.74, 6) is 0. The van der Waals surface area contributed by atoms with Crippen LogP contribution in [0.3, 0.4) is 0 Å². The van der Waals surface area contributed by atoms with Crippen molar-refractivity contribution < 1.29 is 16.8 Å². The van der Waals surface area contributed by atoms with Crippen molar-refractivity contribution in [2.75, 3.05) is 25.9 Å². The molecule has 0 radical (unpaired) electrons. The van der Waals surface area contributed by atoms with Crippen LogP contribution in [0.5, 0.6) is 0 Å². The average molecular weight is 343 g/mol. The normalized spacial score (nSPS) is 11.9. The Morgan fingerprint density at radius 1 is 0.950 bits per heavy atom. The summed E-state index contributed by atoms with van der Waals surface area (Å²) < 4.78 is 48.7. The van der Waals surface area contributed by atoms with E-state index >= 15 is 0 Å². The van der Waals surface area contributed by atoms with E-state index < -0.39 is 19.9 Å². The van der Waals surface area contributed by atoms with Crippen molar-refractivity contribution in [3.63, 3.8) is 0 Å². The van der Waals surface area contributed by atoms with Crippen LogP contribution < -0.4 is 10.0 Å². The van der Waals surface area contributed by atoms with Gasteiger partial charge in [0.1, 0.15) is 0 Å². The van der Waals surface area contributed by atoms with Crippen LogP contribution >= 0.6 is 12.4 Å². The van der Waals surface area contributed by atoms with Crippen molar-refractivity contribution in [1.82, 2.24) is 10.0 Å². The monoisotopic (exact) mass is 342 g/mol. The molecule has 0 aliphatic heterocycles. The van der Waals surface area contributed by atoms with Crippen molar-refractivity contribution >= 4 is 32.3 Å². The Kier molecular flexibility index (Phi) is 7.67. The van der Waals surface area contributed by atoms with Gasteiger partial charge < -0.3 is 5.32 Å². The lowest BCUT2D eigenvalue weighted by molar-refractivity contribution is 0.577. The summed E-state index contributed by atoms with van der Waals surface area (Å²) >= 11 is 0. The molecule has 0 bridgehead atoms. The van der Waals surface area contributed by atoms with E-state index in [2.05, 4.69) is 10.0 Å². The minimum Gasteiger partial charge on any atom is -0.316 e. The quantitative estimate of drug-likeness (QED) is 0.700. The van der Waals surface area contributed by atoms with E-state index in [1.54, 1.807) is 0 Å². The molecule has 2 N–H and O–H groups in total. The summed E-state index contributed by atoms with van der Waals surface area (Å²) in [5, 5.41) is 3.00. The molecule has 0 amide bonds. The van der Waals surface area contributed by atoms with Crippen LogP contribution in [0.4, 0.5) is 0 Å². The van der Waals surface area contributed by atoms with Gasteiger partial charge in [0.2, 0.25) is 10.0 Å². The maximum Gasteiger partial charge on any atom is 0.240 e. The highest BCUT2D eigenvalue weighted by atomic mass is 35.5. The van der Waals surface area contributed by atoms with Gasteiger partial charge in [-0.15, -0.1) is 12.4 Å². The Morgan fingerprint density at radius 3 is 1.90 bits per heavy atom. The van der Waals surface area contributed by atoms with Crippen molar-refractivity contribution in [3.8, 4) is 0 Å². The number of benzene rings is 1. The van der Waals surface area contributed by atoms with Gasteiger partial charge in [-0.2, -0.15) is 0 Å². The smallest absolute Gasteiger partial charge is 0.240 e. The third-order valence-electron chi connectivity index (χ3n) is 2.41. The third-order valence-corrected chi connectivity index (χ3v) is 5.01. The van der Waals surface area contributed by atoms with Gasteiger partial charge in [0.25, 0.3) is 0 Å². The predicted molar refractivity (Wildman–Crippen MR) is 80.5 cm³/mol. The van der Waals surface area contributed by atoms with Gasteiger partial charge >= 0.3 is 0 Å². The van der Waals surface area contributed by atoms with E-state index in [1.807, 2.05) is 6.92 Å². The van der Waals surface area contributed by atoms with Crippen LogP contribution in [0.2, 0.25) is 0 Å². The molecule has 1 aromatic rings. The van der Waals surface area contributed by atoms with Crippen LogP contribution in [0, 0.1) is 0 Å². The summed E-state index contributed by atoms with van der Waals surface area (Å²) in [5.41, 5.74) is 0. The van der Waals surface area contributed by atoms with Crippen molar-refractivity contribution in [2.24, 2.45) is 0 Å². The Hall–Kier alpha value is -0.670. The molecule has 0 heterocycles. The molecule has 0 aromatic heterocycles. The molecule has 0 atom stereocenters. The number of halogens is 1. The summed E-state index contributed by atoms with van der Waals surface area (Å²) in [6, 6.07) is 5.14. The predicted octanol–water partition coefficient (Wildman–Crippen LogP) is 0.400. The number of hydrogen-bond donors (Lipinski definition) is 2. The maximum absolute atomic E-state index is 11.9. The van der Waals surface area contributed by atoms with E-state index in [-0.39, 0.29) is 28.7 Å². The van der Waals surface area contributed by atoms with Crippen LogP contribution in [-0.4, -0.2) is 42.7 Å². The summed E-state index contributed by atoms with van der Waals surface area (Å²) in [6.45, 7) is 3.52. The average Bonchev–Trinajstić information content (AvgIpc) is 2.34. The second-order valence-corrected chi connectivity index (χ2v) is 7.78. The molecule has 0 saturated heterocycles. The van der Waals surface area contributed by atoms with Gasteiger partial charge in [0.05, 0.1) is 9.79 Å². The SMILES string of the molecule is CCNCCNS(=O)(=O)c1ccc(S(C)(=O)=O)cc1.Cl. The molecular formula is C11H19ClN2O4S2. The zero-order valence-electron chi connectivity index (χ0n) is 11.3. The Bertz CT molecular complexity index is 612. The number of rotatable bonds is 7. The fourth-order valence-corrected chi connectivity index (χ4v) is 3.06. The first-order valence-electron chi connectivity index (χ1n) is 5.78. The number of nitrogens with one attached hydrogen (secondary N) is 2. The first-order chi connectivity index (χ1) is 8.77. The van der Waals surface area contributed by atoms with Gasteiger partial charge in [0, 0.05) is 19.3 Å². The first kappa shape index (κ1) is 19.3. The maximum atomic E-state index is 11.9. The second-order valence-electron chi connectivity index (χ2n) is 3.99. The van der Waals surface area contributed by atoms with E-state index in [1.165, 1.54) is 24.3 Å². The minimum atomic E-state index is -3.59. The summed E-state index contributed by atoms with van der Waals surface area (Å²) in [4.78, 5) is 0.149. The molecule has 9 heteroatoms. The van der Waals surface area contributed by atoms with Crippen molar-refractivity contribution in [3.05, 3.63) is 24.3 Å². The fourth-order valence-electron chi connectivity index (χ4n) is 1.40. The van der Waals surface area contributed by atoms with E-state index in [9.17, 15) is 16.8 Å². The van der Waals surface area contributed by atoms with Crippen LogP contribution in [-0.2, 0) is 19.9 Å². The van der Waals surface area contributed by atoms with E-state index in [4.69, 9.17) is 0 Å². The third kappa shape index (κ3) is 5.76. The number of sulfonamides is 1. The topological polar surface area (TPSA) is 92.3 Å². The lowest BCUT2D eigenvalue weighted by atomic mass is 10.4. The Labute approximate surface area is 126 Å². The zero-order chi connectivity index (χ0) is 14.5. The molecule has 6 nitrogen and oxygen atoms in total. The number of sulfone groups is 1. The molecule has 1 aromatic carbocycles. The first-order valence-corrected chi connectivity index (χ1v) is 9.15. The number of likely N-dealkylation sites (N-methyl/N-ethyl adjacent to an activating group) is 1. The fraction of sp³-hybridized carbons (Fsp3) is 0.455. The van der Waals surface area contributed by atoms with Crippen molar-refractivity contribution in [2.45, 2.75) is 16.7 Å². The van der Waals surface area contributed by atoms with E-state index in [0.717, 1.165) is 12.8 Å². The Morgan fingerprint density at radius 2 is 1.45 bits per heavy atom. The minimum absolute atomic E-state index is 0. The zero-order valence-corrected chi connectivity index (χ0v) is 13.7. The van der Waals surface area contributed by atoms with Crippen molar-refractivity contribution in [1.29, 1.82) is 0 Å². The highest BCUT2D eigenvalue weighted by Gasteiger charge is 2.14. The molecule has 0 spiro atoms. The molecule has 1 rings (SSSR count). The van der Waals surface area contributed by atoms with Crippen LogP contribution in [0.15, 0.2) is 34.1 Å². The van der Waals surface area contributed by atoms with Crippen LogP contribution in [0.25, 0.3) is 0 Å². The Balaban J connectivity index is 0.00000361. The van der Waals surface area contributed by atoms with Gasteiger partial charge in [-0.1, -0.05) is 6.92 Å². The van der Waals surface area contributed by atoms with Gasteiger partial charge in [-0.05, 0) is 30.8 Å². The van der Waals surface area contributed by atoms with Gasteiger partial charge in [0.15, 0.2) is 9.84 Å². The molecule has 0 fully saturated rings. The summed E-state index contributed by atoms with van der Waals surface area (Å²) in [6.07, 6.45) is 1.07. The highest BCUT2D eigenvalue weighted by Crippen LogP contribution is 2.13. The molecule has 0 saturated carbocycles. The molecule has 20 heavy (non-hydrogen) atoms. The second kappa shape index (κ2) is 7.94. The largest absolute Gasteiger partial charge is 0.316 e. The molecule has 116 valence electrons. The van der Waals surface area contributed by atoms with Gasteiger partial charge in [-0.25, -0.2) is 21.6 Å². The molecule has 0 aliphatic rings. The lowest BCUT2D eigenvalue weighted by Gasteiger charge is -2.07. The lowest BCUT2D eigenvalue weighted by Crippen LogP contribution is -2.31. The summed E-state index contributed by atoms with van der Waals surface area (Å²) in [7, 11) is -6.90. The molecule has 0 unspecified atom stereocenters. The van der Waals surface area contributed by atoms with Gasteiger partial charge in [-0.3, -0.25) is 0 Å². The number of hydrogen-bond acceptors (Lipinski definition) is 5. The standard InChI is InChI=1S/C11H18N2O4S2.ClH/c1-3-12-8-9-13-19(16,17)11-6-4-10(5-7-11)18(2,14)15;/h4-7,12-13H,3,8-9H2,1-2H3;1H.